The first kappa shape index (κ1) is 10.0. The zero-order valence-electron chi connectivity index (χ0n) is 7.37. The van der Waals surface area contributed by atoms with Crippen LogP contribution in [-0.2, 0) is 13.1 Å². The van der Waals surface area contributed by atoms with Gasteiger partial charge < -0.3 is 5.73 Å². The molecule has 6 heteroatoms. The van der Waals surface area contributed by atoms with Crippen molar-refractivity contribution in [2.75, 3.05) is 0 Å². The fraction of sp³-hybridized carbons (Fsp3) is 0.714. The van der Waals surface area contributed by atoms with Crippen LogP contribution in [0, 0.1) is 0 Å². The van der Waals surface area contributed by atoms with Gasteiger partial charge in [0.2, 0.25) is 0 Å². The van der Waals surface area contributed by atoms with Gasteiger partial charge in [0.25, 0.3) is 6.43 Å². The van der Waals surface area contributed by atoms with E-state index in [1.807, 2.05) is 6.92 Å². The molecule has 0 spiro atoms. The van der Waals surface area contributed by atoms with Crippen LogP contribution in [0.5, 0.6) is 0 Å². The van der Waals surface area contributed by atoms with Crippen LogP contribution in [0.3, 0.4) is 0 Å². The van der Waals surface area contributed by atoms with Crippen LogP contribution in [0.1, 0.15) is 31.2 Å². The molecule has 0 aliphatic carbocycles. The van der Waals surface area contributed by atoms with Crippen molar-refractivity contribution in [3.8, 4) is 0 Å². The highest BCUT2D eigenvalue weighted by atomic mass is 19.3. The average Bonchev–Trinajstić information content (AvgIpc) is 2.48. The second-order valence-corrected chi connectivity index (χ2v) is 2.65. The van der Waals surface area contributed by atoms with Crippen molar-refractivity contribution < 1.29 is 8.78 Å². The largest absolute Gasteiger partial charge is 0.325 e. The number of hydrogen-bond donors (Lipinski definition) is 1. The fourth-order valence-corrected chi connectivity index (χ4v) is 1.12. The van der Waals surface area contributed by atoms with Gasteiger partial charge in [0.05, 0.1) is 0 Å². The van der Waals surface area contributed by atoms with Crippen molar-refractivity contribution in [2.24, 2.45) is 5.73 Å². The molecule has 0 aliphatic heterocycles. The van der Waals surface area contributed by atoms with Gasteiger partial charge in [-0.1, -0.05) is 12.1 Å². The fourth-order valence-electron chi connectivity index (χ4n) is 1.12. The molecule has 2 N–H and O–H groups in total. The molecule has 1 heterocycles. The number of halogens is 2. The Bertz CT molecular complexity index is 271. The summed E-state index contributed by atoms with van der Waals surface area (Å²) in [5.74, 6) is 0. The summed E-state index contributed by atoms with van der Waals surface area (Å²) < 4.78 is 26.2. The van der Waals surface area contributed by atoms with E-state index in [2.05, 4.69) is 10.3 Å². The van der Waals surface area contributed by atoms with E-state index in [1.54, 1.807) is 0 Å². The van der Waals surface area contributed by atoms with E-state index in [4.69, 9.17) is 5.73 Å². The highest BCUT2D eigenvalue weighted by molar-refractivity contribution is 5.11. The van der Waals surface area contributed by atoms with Crippen molar-refractivity contribution in [1.29, 1.82) is 0 Å². The summed E-state index contributed by atoms with van der Waals surface area (Å²) in [7, 11) is 0. The van der Waals surface area contributed by atoms with E-state index in [0.717, 1.165) is 6.42 Å². The van der Waals surface area contributed by atoms with Crippen molar-refractivity contribution in [3.05, 3.63) is 11.4 Å². The molecule has 13 heavy (non-hydrogen) atoms. The Kier molecular flexibility index (Phi) is 3.30. The van der Waals surface area contributed by atoms with Gasteiger partial charge in [0.15, 0.2) is 0 Å². The number of aromatic nitrogens is 3. The van der Waals surface area contributed by atoms with Gasteiger partial charge >= 0.3 is 0 Å². The molecular weight excluding hydrogens is 178 g/mol. The molecule has 0 aromatic carbocycles. The summed E-state index contributed by atoms with van der Waals surface area (Å²) in [6.07, 6.45) is -1.81. The lowest BCUT2D eigenvalue weighted by Crippen LogP contribution is -2.08. The molecule has 1 rings (SSSR count). The summed E-state index contributed by atoms with van der Waals surface area (Å²) >= 11 is 0. The quantitative estimate of drug-likeness (QED) is 0.773. The smallest absolute Gasteiger partial charge is 0.281 e. The lowest BCUT2D eigenvalue weighted by molar-refractivity contribution is 0.137. The van der Waals surface area contributed by atoms with Crippen LogP contribution >= 0.6 is 0 Å². The molecule has 0 radical (unpaired) electrons. The van der Waals surface area contributed by atoms with E-state index in [-0.39, 0.29) is 17.9 Å². The first-order valence-corrected chi connectivity index (χ1v) is 4.11. The molecule has 4 nitrogen and oxygen atoms in total. The molecule has 74 valence electrons. The maximum atomic E-state index is 12.5. The molecule has 0 amide bonds. The second kappa shape index (κ2) is 4.27. The topological polar surface area (TPSA) is 56.7 Å². The Morgan fingerprint density at radius 2 is 2.23 bits per heavy atom. The molecular formula is C7H12F2N4. The number of rotatable bonds is 4. The molecule has 0 fully saturated rings. The van der Waals surface area contributed by atoms with Gasteiger partial charge in [-0.25, -0.2) is 13.5 Å². The minimum atomic E-state index is -2.56. The first-order chi connectivity index (χ1) is 6.20. The van der Waals surface area contributed by atoms with Crippen LogP contribution in [0.25, 0.3) is 0 Å². The van der Waals surface area contributed by atoms with Gasteiger partial charge in [-0.2, -0.15) is 0 Å². The zero-order valence-corrected chi connectivity index (χ0v) is 7.37. The Balaban J connectivity index is 2.99. The van der Waals surface area contributed by atoms with Gasteiger partial charge in [-0.3, -0.25) is 0 Å². The van der Waals surface area contributed by atoms with Crippen LogP contribution in [0.4, 0.5) is 8.78 Å². The molecule has 0 saturated carbocycles. The molecule has 1 aromatic heterocycles. The molecule has 0 unspecified atom stereocenters. The third-order valence-corrected chi connectivity index (χ3v) is 1.68. The van der Waals surface area contributed by atoms with Gasteiger partial charge in [0, 0.05) is 13.1 Å². The predicted molar refractivity (Wildman–Crippen MR) is 43.2 cm³/mol. The van der Waals surface area contributed by atoms with Crippen molar-refractivity contribution in [3.63, 3.8) is 0 Å². The van der Waals surface area contributed by atoms with Crippen molar-refractivity contribution >= 4 is 0 Å². The Labute approximate surface area is 74.7 Å². The molecule has 0 bridgehead atoms. The van der Waals surface area contributed by atoms with Gasteiger partial charge in [-0.05, 0) is 6.42 Å². The SMILES string of the molecule is CCCn1nnc(CN)c1C(F)F. The lowest BCUT2D eigenvalue weighted by atomic mass is 10.3. The highest BCUT2D eigenvalue weighted by Crippen LogP contribution is 2.20. The summed E-state index contributed by atoms with van der Waals surface area (Å²) in [6, 6.07) is 0. The van der Waals surface area contributed by atoms with Crippen molar-refractivity contribution in [2.45, 2.75) is 32.9 Å². The van der Waals surface area contributed by atoms with E-state index in [1.165, 1.54) is 4.68 Å². The number of hydrogen-bond acceptors (Lipinski definition) is 3. The minimum absolute atomic E-state index is 0.00336. The van der Waals surface area contributed by atoms with E-state index in [0.29, 0.717) is 6.54 Å². The van der Waals surface area contributed by atoms with Crippen LogP contribution < -0.4 is 5.73 Å². The van der Waals surface area contributed by atoms with Crippen molar-refractivity contribution in [1.82, 2.24) is 15.0 Å². The lowest BCUT2D eigenvalue weighted by Gasteiger charge is -2.04. The maximum Gasteiger partial charge on any atom is 0.281 e. The standard InChI is InChI=1S/C7H12F2N4/c1-2-3-13-6(7(8)9)5(4-10)11-12-13/h7H,2-4,10H2,1H3. The highest BCUT2D eigenvalue weighted by Gasteiger charge is 2.19. The van der Waals surface area contributed by atoms with E-state index in [9.17, 15) is 8.78 Å². The van der Waals surface area contributed by atoms with Gasteiger partial charge in [0.1, 0.15) is 11.4 Å². The Hall–Kier alpha value is -1.04. The number of alkyl halides is 2. The first-order valence-electron chi connectivity index (χ1n) is 4.11. The van der Waals surface area contributed by atoms with Gasteiger partial charge in [-0.15, -0.1) is 5.10 Å². The van der Waals surface area contributed by atoms with Crippen LogP contribution in [0.2, 0.25) is 0 Å². The average molecular weight is 190 g/mol. The monoisotopic (exact) mass is 190 g/mol. The normalized spacial score (nSPS) is 11.2. The summed E-state index contributed by atoms with van der Waals surface area (Å²) in [4.78, 5) is 0. The molecule has 1 aromatic rings. The Morgan fingerprint density at radius 1 is 1.54 bits per heavy atom. The molecule has 0 atom stereocenters. The predicted octanol–water partition coefficient (Wildman–Crippen LogP) is 1.08. The third kappa shape index (κ3) is 2.00. The number of aryl methyl sites for hydroxylation is 1. The van der Waals surface area contributed by atoms with E-state index >= 15 is 0 Å². The maximum absolute atomic E-state index is 12.5. The zero-order chi connectivity index (χ0) is 9.84. The summed E-state index contributed by atoms with van der Waals surface area (Å²) in [5.41, 5.74) is 5.28. The molecule has 0 aliphatic rings. The molecule has 0 saturated heterocycles. The third-order valence-electron chi connectivity index (χ3n) is 1.68. The Morgan fingerprint density at radius 3 is 2.69 bits per heavy atom. The van der Waals surface area contributed by atoms with Crippen LogP contribution in [0.15, 0.2) is 0 Å². The van der Waals surface area contributed by atoms with Crippen LogP contribution in [-0.4, -0.2) is 15.0 Å². The minimum Gasteiger partial charge on any atom is -0.325 e. The summed E-state index contributed by atoms with van der Waals surface area (Å²) in [6.45, 7) is 2.34. The van der Waals surface area contributed by atoms with E-state index < -0.39 is 6.43 Å². The second-order valence-electron chi connectivity index (χ2n) is 2.65. The summed E-state index contributed by atoms with van der Waals surface area (Å²) in [5, 5.41) is 7.19. The number of nitrogens with two attached hydrogens (primary N) is 1. The number of nitrogens with zero attached hydrogens (tertiary/aromatic N) is 3.